The van der Waals surface area contributed by atoms with Crippen LogP contribution in [0.15, 0.2) is 95.4 Å². The Morgan fingerprint density at radius 2 is 1.65 bits per heavy atom. The molecule has 1 heterocycles. The molecule has 1 aromatic heterocycles. The number of nitrogens with zero attached hydrogens (tertiary/aromatic N) is 1. The number of amides is 3. The standard InChI is InChI=1S/C38H43N3O8/c1-3-5-8-17-29(23-41(26-42)48-24-27-13-9-6-10-14-27)37(45)39-25-40-38(46)34-19-18-33(49-34)30-20-31(22-32(21-30)47-4-2)36(44)35(43)28-15-11-7-12-16-28/h6-7,9-16,18-22,26,29,35,43H,3-5,8,17,23-25H2,1-2H3,(H,39,45)(H,40,46). The van der Waals surface area contributed by atoms with Crippen LogP contribution in [0.3, 0.4) is 0 Å². The summed E-state index contributed by atoms with van der Waals surface area (Å²) >= 11 is 0. The zero-order chi connectivity index (χ0) is 35.0. The van der Waals surface area contributed by atoms with E-state index in [1.807, 2.05) is 37.3 Å². The van der Waals surface area contributed by atoms with Crippen LogP contribution in [-0.4, -0.2) is 54.0 Å². The summed E-state index contributed by atoms with van der Waals surface area (Å²) in [7, 11) is 0. The Balaban J connectivity index is 1.37. The molecule has 0 aliphatic carbocycles. The van der Waals surface area contributed by atoms with Crippen molar-refractivity contribution in [3.63, 3.8) is 0 Å². The Bertz CT molecular complexity index is 1660. The second-order valence-electron chi connectivity index (χ2n) is 11.4. The lowest BCUT2D eigenvalue weighted by molar-refractivity contribution is -0.182. The van der Waals surface area contributed by atoms with Crippen LogP contribution in [0.5, 0.6) is 5.75 Å². The van der Waals surface area contributed by atoms with Gasteiger partial charge in [-0.15, -0.1) is 0 Å². The van der Waals surface area contributed by atoms with Gasteiger partial charge in [-0.1, -0.05) is 86.8 Å². The summed E-state index contributed by atoms with van der Waals surface area (Å²) in [5.74, 6) is -1.25. The molecule has 4 rings (SSSR count). The molecule has 3 aromatic carbocycles. The van der Waals surface area contributed by atoms with Gasteiger partial charge in [0.05, 0.1) is 25.7 Å². The zero-order valence-corrected chi connectivity index (χ0v) is 27.8. The summed E-state index contributed by atoms with van der Waals surface area (Å²) < 4.78 is 11.5. The number of carbonyl (C=O) groups is 4. The van der Waals surface area contributed by atoms with Crippen LogP contribution in [0.2, 0.25) is 0 Å². The smallest absolute Gasteiger partial charge is 0.288 e. The molecule has 0 radical (unpaired) electrons. The SMILES string of the molecule is CCCCCC(CN(C=O)OCc1ccccc1)C(=O)NCNC(=O)c1ccc(-c2cc(OCC)cc(C(=O)C(O)c3ccccc3)c2)o1. The highest BCUT2D eigenvalue weighted by atomic mass is 16.7. The van der Waals surface area contributed by atoms with E-state index in [2.05, 4.69) is 17.6 Å². The predicted octanol–water partition coefficient (Wildman–Crippen LogP) is 5.85. The van der Waals surface area contributed by atoms with Crippen molar-refractivity contribution in [1.29, 1.82) is 0 Å². The van der Waals surface area contributed by atoms with Crippen LogP contribution >= 0.6 is 0 Å². The second-order valence-corrected chi connectivity index (χ2v) is 11.4. The Kier molecular flexibility index (Phi) is 14.1. The summed E-state index contributed by atoms with van der Waals surface area (Å²) in [4.78, 5) is 56.7. The van der Waals surface area contributed by atoms with Crippen molar-refractivity contribution in [1.82, 2.24) is 15.7 Å². The number of hydrogen-bond donors (Lipinski definition) is 3. The van der Waals surface area contributed by atoms with Crippen LogP contribution in [0.4, 0.5) is 0 Å². The molecule has 3 N–H and O–H groups in total. The van der Waals surface area contributed by atoms with E-state index in [0.29, 0.717) is 42.1 Å². The van der Waals surface area contributed by atoms with Crippen molar-refractivity contribution in [3.05, 3.63) is 113 Å². The van der Waals surface area contributed by atoms with Gasteiger partial charge in [-0.3, -0.25) is 24.0 Å². The Labute approximate surface area is 286 Å². The first kappa shape index (κ1) is 36.6. The molecule has 11 nitrogen and oxygen atoms in total. The van der Waals surface area contributed by atoms with Gasteiger partial charge in [0, 0.05) is 11.1 Å². The Morgan fingerprint density at radius 3 is 2.35 bits per heavy atom. The van der Waals surface area contributed by atoms with Crippen LogP contribution in [-0.2, 0) is 21.0 Å². The summed E-state index contributed by atoms with van der Waals surface area (Å²) in [6.45, 7) is 4.31. The summed E-state index contributed by atoms with van der Waals surface area (Å²) in [5, 5.41) is 17.2. The molecule has 0 fully saturated rings. The quantitative estimate of drug-likeness (QED) is 0.0349. The van der Waals surface area contributed by atoms with Gasteiger partial charge < -0.3 is 24.9 Å². The predicted molar refractivity (Wildman–Crippen MR) is 183 cm³/mol. The Hall–Kier alpha value is -5.26. The normalized spacial score (nSPS) is 12.1. The molecule has 0 spiro atoms. The van der Waals surface area contributed by atoms with E-state index in [1.165, 1.54) is 6.07 Å². The molecule has 2 atom stereocenters. The number of aliphatic hydroxyl groups excluding tert-OH is 1. The highest BCUT2D eigenvalue weighted by Crippen LogP contribution is 2.30. The minimum absolute atomic E-state index is 0.0100. The highest BCUT2D eigenvalue weighted by molar-refractivity contribution is 6.01. The maximum atomic E-state index is 13.2. The van der Waals surface area contributed by atoms with Crippen molar-refractivity contribution >= 4 is 24.0 Å². The number of carbonyl (C=O) groups excluding carboxylic acids is 4. The van der Waals surface area contributed by atoms with Gasteiger partial charge in [0.1, 0.15) is 24.2 Å². The highest BCUT2D eigenvalue weighted by Gasteiger charge is 2.23. The molecule has 2 unspecified atom stereocenters. The lowest BCUT2D eigenvalue weighted by Gasteiger charge is -2.23. The van der Waals surface area contributed by atoms with Gasteiger partial charge in [-0.2, -0.15) is 0 Å². The summed E-state index contributed by atoms with van der Waals surface area (Å²) in [5.41, 5.74) is 2.05. The van der Waals surface area contributed by atoms with Crippen molar-refractivity contribution < 1.29 is 38.3 Å². The van der Waals surface area contributed by atoms with E-state index < -0.39 is 23.7 Å². The van der Waals surface area contributed by atoms with Crippen molar-refractivity contribution in [2.75, 3.05) is 19.8 Å². The second kappa shape index (κ2) is 18.9. The average Bonchev–Trinajstić information content (AvgIpc) is 3.64. The maximum Gasteiger partial charge on any atom is 0.288 e. The fourth-order valence-electron chi connectivity index (χ4n) is 5.16. The maximum absolute atomic E-state index is 13.2. The first-order chi connectivity index (χ1) is 23.8. The zero-order valence-electron chi connectivity index (χ0n) is 27.8. The monoisotopic (exact) mass is 669 g/mol. The molecule has 4 aromatic rings. The van der Waals surface area contributed by atoms with Gasteiger partial charge in [0.25, 0.3) is 5.91 Å². The van der Waals surface area contributed by atoms with Crippen LogP contribution in [0.1, 0.15) is 77.7 Å². The number of benzene rings is 3. The number of ether oxygens (including phenoxy) is 1. The van der Waals surface area contributed by atoms with Gasteiger partial charge >= 0.3 is 0 Å². The van der Waals surface area contributed by atoms with Gasteiger partial charge in [0.2, 0.25) is 12.3 Å². The van der Waals surface area contributed by atoms with E-state index in [1.54, 1.807) is 54.6 Å². The lowest BCUT2D eigenvalue weighted by Crippen LogP contribution is -2.43. The third-order valence-corrected chi connectivity index (χ3v) is 7.78. The molecule has 3 amide bonds. The number of aliphatic hydroxyl groups is 1. The number of rotatable bonds is 20. The topological polar surface area (TPSA) is 147 Å². The molecule has 0 saturated carbocycles. The Morgan fingerprint density at radius 1 is 0.918 bits per heavy atom. The molecule has 0 saturated heterocycles. The first-order valence-electron chi connectivity index (χ1n) is 16.4. The number of Topliss-reactive ketones (excluding diaryl/α,β-unsaturated/α-hetero) is 1. The molecule has 0 bridgehead atoms. The van der Waals surface area contributed by atoms with Gasteiger partial charge in [-0.05, 0) is 54.8 Å². The molecule has 11 heteroatoms. The fourth-order valence-corrected chi connectivity index (χ4v) is 5.16. The number of ketones is 1. The average molecular weight is 670 g/mol. The first-order valence-corrected chi connectivity index (χ1v) is 16.4. The van der Waals surface area contributed by atoms with Crippen LogP contribution < -0.4 is 15.4 Å². The summed E-state index contributed by atoms with van der Waals surface area (Å²) in [6, 6.07) is 25.9. The van der Waals surface area contributed by atoms with E-state index in [0.717, 1.165) is 29.9 Å². The third kappa shape index (κ3) is 10.9. The van der Waals surface area contributed by atoms with Gasteiger partial charge in [-0.25, -0.2) is 5.06 Å². The largest absolute Gasteiger partial charge is 0.494 e. The number of furan rings is 1. The number of hydroxylamine groups is 2. The fraction of sp³-hybridized carbons (Fsp3) is 0.316. The molecule has 0 aliphatic rings. The van der Waals surface area contributed by atoms with E-state index in [9.17, 15) is 24.3 Å². The molecular formula is C38H43N3O8. The van der Waals surface area contributed by atoms with Crippen LogP contribution in [0, 0.1) is 5.92 Å². The van der Waals surface area contributed by atoms with E-state index >= 15 is 0 Å². The minimum atomic E-state index is -1.37. The molecule has 0 aliphatic heterocycles. The molecule has 258 valence electrons. The van der Waals surface area contributed by atoms with Crippen molar-refractivity contribution in [2.45, 2.75) is 52.2 Å². The van der Waals surface area contributed by atoms with Crippen LogP contribution in [0.25, 0.3) is 11.3 Å². The number of unbranched alkanes of at least 4 members (excludes halogenated alkanes) is 2. The van der Waals surface area contributed by atoms with Crippen molar-refractivity contribution in [3.8, 4) is 17.1 Å². The molecular weight excluding hydrogens is 626 g/mol. The summed E-state index contributed by atoms with van der Waals surface area (Å²) in [6.07, 6.45) is 2.44. The lowest BCUT2D eigenvalue weighted by atomic mass is 9.97. The number of nitrogens with one attached hydrogen (secondary N) is 2. The van der Waals surface area contributed by atoms with Gasteiger partial charge in [0.15, 0.2) is 11.5 Å². The molecule has 49 heavy (non-hydrogen) atoms. The van der Waals surface area contributed by atoms with E-state index in [-0.39, 0.29) is 37.1 Å². The van der Waals surface area contributed by atoms with Crippen molar-refractivity contribution in [2.24, 2.45) is 5.92 Å². The third-order valence-electron chi connectivity index (χ3n) is 7.78. The number of hydrogen-bond acceptors (Lipinski definition) is 8. The minimum Gasteiger partial charge on any atom is -0.494 e. The van der Waals surface area contributed by atoms with E-state index in [4.69, 9.17) is 14.0 Å².